The molecule has 0 atom stereocenters. The van der Waals surface area contributed by atoms with Crippen molar-refractivity contribution >= 4 is 44.6 Å². The van der Waals surface area contributed by atoms with E-state index in [1.54, 1.807) is 12.1 Å². The first-order chi connectivity index (χ1) is 30.6. The largest absolute Gasteiger partial charge is 0.457 e. The summed E-state index contributed by atoms with van der Waals surface area (Å²) in [5.74, 6) is 3.06. The van der Waals surface area contributed by atoms with Crippen LogP contribution in [-0.2, 0) is 5.41 Å². The topological polar surface area (TPSA) is 33.5 Å². The Hall–Kier alpha value is -6.40. The molecule has 0 amide bonds. The molecule has 3 heterocycles. The minimum absolute atomic E-state index is 0.0313. The summed E-state index contributed by atoms with van der Waals surface area (Å²) in [6, 6.07) is 44.9. The van der Waals surface area contributed by atoms with Crippen molar-refractivity contribution in [2.24, 2.45) is 0 Å². The lowest BCUT2D eigenvalue weighted by atomic mass is 9.85. The highest BCUT2D eigenvalue weighted by Gasteiger charge is 2.33. The highest BCUT2D eigenvalue weighted by atomic mass is 19.1. The molecular formula is C58H61FN4O. The summed E-state index contributed by atoms with van der Waals surface area (Å²) in [5.41, 5.74) is 14.6. The average molecular weight is 849 g/mol. The Morgan fingerprint density at radius 3 is 1.81 bits per heavy atom. The van der Waals surface area contributed by atoms with Crippen molar-refractivity contribution in [2.45, 2.75) is 105 Å². The number of pyridine rings is 1. The van der Waals surface area contributed by atoms with E-state index in [1.807, 2.05) is 6.20 Å². The van der Waals surface area contributed by atoms with Gasteiger partial charge in [-0.1, -0.05) is 125 Å². The molecular weight excluding hydrogens is 788 g/mol. The third kappa shape index (κ3) is 7.71. The fraction of sp³-hybridized carbons (Fsp3) is 0.293. The fourth-order valence-corrected chi connectivity index (χ4v) is 9.69. The van der Waals surface area contributed by atoms with Crippen LogP contribution in [0, 0.1) is 5.82 Å². The first kappa shape index (κ1) is 42.9. The molecule has 9 rings (SSSR count). The molecule has 5 nitrogen and oxygen atoms in total. The van der Waals surface area contributed by atoms with Gasteiger partial charge in [-0.05, 0) is 135 Å². The number of aromatic nitrogens is 2. The van der Waals surface area contributed by atoms with Crippen molar-refractivity contribution in [3.05, 3.63) is 167 Å². The Balaban J connectivity index is 1.23. The number of nitrogens with zero attached hydrogens (tertiary/aromatic N) is 4. The summed E-state index contributed by atoms with van der Waals surface area (Å²) in [6.45, 7) is 25.0. The Labute approximate surface area is 379 Å². The number of hydrogen-bond acceptors (Lipinski definition) is 4. The quantitative estimate of drug-likeness (QED) is 0.137. The van der Waals surface area contributed by atoms with Crippen molar-refractivity contribution < 1.29 is 9.13 Å². The van der Waals surface area contributed by atoms with Gasteiger partial charge in [0.05, 0.1) is 22.4 Å². The van der Waals surface area contributed by atoms with Crippen molar-refractivity contribution in [1.29, 1.82) is 0 Å². The van der Waals surface area contributed by atoms with Gasteiger partial charge in [0, 0.05) is 40.5 Å². The van der Waals surface area contributed by atoms with Crippen LogP contribution in [0.5, 0.6) is 11.5 Å². The third-order valence-corrected chi connectivity index (χ3v) is 13.0. The predicted molar refractivity (Wildman–Crippen MR) is 268 cm³/mol. The Morgan fingerprint density at radius 1 is 0.562 bits per heavy atom. The summed E-state index contributed by atoms with van der Waals surface area (Å²) >= 11 is 0. The molecule has 0 saturated heterocycles. The lowest BCUT2D eigenvalue weighted by molar-refractivity contribution is 0.483. The molecule has 1 aliphatic rings. The summed E-state index contributed by atoms with van der Waals surface area (Å²) in [4.78, 5) is 9.72. The zero-order valence-electron chi connectivity index (χ0n) is 39.3. The lowest BCUT2D eigenvalue weighted by Gasteiger charge is -2.29. The van der Waals surface area contributed by atoms with Crippen LogP contribution >= 0.6 is 0 Å². The summed E-state index contributed by atoms with van der Waals surface area (Å²) in [7, 11) is 0. The van der Waals surface area contributed by atoms with E-state index in [4.69, 9.17) is 9.72 Å². The summed E-state index contributed by atoms with van der Waals surface area (Å²) < 4.78 is 24.7. The van der Waals surface area contributed by atoms with Gasteiger partial charge in [-0.3, -0.25) is 4.57 Å². The van der Waals surface area contributed by atoms with E-state index < -0.39 is 0 Å². The predicted octanol–water partition coefficient (Wildman–Crippen LogP) is 16.8. The van der Waals surface area contributed by atoms with Crippen LogP contribution < -0.4 is 14.5 Å². The summed E-state index contributed by atoms with van der Waals surface area (Å²) in [5, 5.41) is 2.31. The van der Waals surface area contributed by atoms with Gasteiger partial charge in [0.2, 0.25) is 0 Å². The molecule has 0 N–H and O–H groups in total. The van der Waals surface area contributed by atoms with Gasteiger partial charge in [0.25, 0.3) is 0 Å². The summed E-state index contributed by atoms with van der Waals surface area (Å²) in [6.07, 6.45) is 1.92. The van der Waals surface area contributed by atoms with Crippen LogP contribution in [0.15, 0.2) is 134 Å². The van der Waals surface area contributed by atoms with E-state index >= 15 is 4.39 Å². The molecule has 0 fully saturated rings. The number of rotatable bonds is 10. The maximum atomic E-state index is 15.3. The van der Waals surface area contributed by atoms with Crippen molar-refractivity contribution in [1.82, 2.24) is 9.55 Å². The zero-order chi connectivity index (χ0) is 45.2. The molecule has 0 aliphatic carbocycles. The Bertz CT molecular complexity index is 2980. The van der Waals surface area contributed by atoms with Crippen molar-refractivity contribution in [2.75, 3.05) is 16.5 Å². The molecule has 0 bridgehead atoms. The maximum Gasteiger partial charge on any atom is 0.137 e. The third-order valence-electron chi connectivity index (χ3n) is 13.0. The second-order valence-corrected chi connectivity index (χ2v) is 19.9. The zero-order valence-corrected chi connectivity index (χ0v) is 39.3. The van der Waals surface area contributed by atoms with Crippen molar-refractivity contribution in [3.8, 4) is 28.4 Å². The number of halogens is 1. The van der Waals surface area contributed by atoms with E-state index in [2.05, 4.69) is 206 Å². The standard InChI is InChI=1S/C58H61FN4O/c1-35(2)45-18-16-19-46(36(3)4)56(45)39-27-42(61-34-62(53-22-15-14-21-52(53)61)57-49(37(5)6)30-41(59)31-50(57)38(7)8)32-44(28-39)64-43-23-24-48-47-17-12-13-20-51(47)63(54(48)33-43)55-29-40(25-26-60-55)58(9,10)11/h12-33,35-38H,34H2,1-11H3. The molecule has 6 heteroatoms. The van der Waals surface area contributed by atoms with Crippen LogP contribution in [0.1, 0.15) is 128 Å². The Kier molecular flexibility index (Phi) is 11.1. The number of benzene rings is 6. The van der Waals surface area contributed by atoms with E-state index in [-0.39, 0.29) is 23.1 Å². The molecule has 0 spiro atoms. The number of ether oxygens (including phenoxy) is 1. The highest BCUT2D eigenvalue weighted by molar-refractivity contribution is 6.09. The molecule has 1 aliphatic heterocycles. The van der Waals surface area contributed by atoms with Gasteiger partial charge in [0.1, 0.15) is 29.8 Å². The van der Waals surface area contributed by atoms with Gasteiger partial charge >= 0.3 is 0 Å². The van der Waals surface area contributed by atoms with E-state index in [1.165, 1.54) is 27.6 Å². The van der Waals surface area contributed by atoms with Crippen LogP contribution in [0.3, 0.4) is 0 Å². The average Bonchev–Trinajstić information content (AvgIpc) is 3.81. The maximum absolute atomic E-state index is 15.3. The molecule has 0 radical (unpaired) electrons. The van der Waals surface area contributed by atoms with Gasteiger partial charge in [-0.15, -0.1) is 0 Å². The fourth-order valence-electron chi connectivity index (χ4n) is 9.69. The molecule has 64 heavy (non-hydrogen) atoms. The molecule has 2 aromatic heterocycles. The number of hydrogen-bond donors (Lipinski definition) is 0. The Morgan fingerprint density at radius 2 is 1.17 bits per heavy atom. The van der Waals surface area contributed by atoms with E-state index in [0.29, 0.717) is 18.5 Å². The van der Waals surface area contributed by atoms with Crippen LogP contribution in [0.4, 0.5) is 27.1 Å². The molecule has 326 valence electrons. The number of anilines is 4. The van der Waals surface area contributed by atoms with Crippen LogP contribution in [0.25, 0.3) is 38.8 Å². The monoisotopic (exact) mass is 848 g/mol. The minimum atomic E-state index is -0.187. The second-order valence-electron chi connectivity index (χ2n) is 19.9. The smallest absolute Gasteiger partial charge is 0.137 e. The van der Waals surface area contributed by atoms with Gasteiger partial charge in [-0.25, -0.2) is 9.37 Å². The lowest BCUT2D eigenvalue weighted by Crippen LogP contribution is -2.26. The van der Waals surface area contributed by atoms with Gasteiger partial charge < -0.3 is 14.5 Å². The van der Waals surface area contributed by atoms with Gasteiger partial charge in [-0.2, -0.15) is 0 Å². The first-order valence-corrected chi connectivity index (χ1v) is 23.0. The number of fused-ring (bicyclic) bond motifs is 4. The minimum Gasteiger partial charge on any atom is -0.457 e. The first-order valence-electron chi connectivity index (χ1n) is 23.0. The van der Waals surface area contributed by atoms with E-state index in [0.717, 1.165) is 73.2 Å². The van der Waals surface area contributed by atoms with Crippen LogP contribution in [0.2, 0.25) is 0 Å². The molecule has 6 aromatic carbocycles. The SMILES string of the molecule is CC(C)c1cccc(C(C)C)c1-c1cc(Oc2ccc3c4ccccc4n(-c4cc(C(C)(C)C)ccn4)c3c2)cc(N2CN(c3c(C(C)C)cc(F)cc3C(C)C)c3ccccc32)c1. The van der Waals surface area contributed by atoms with Crippen molar-refractivity contribution in [3.63, 3.8) is 0 Å². The highest BCUT2D eigenvalue weighted by Crippen LogP contribution is 2.50. The molecule has 0 saturated carbocycles. The van der Waals surface area contributed by atoms with E-state index in [9.17, 15) is 0 Å². The molecule has 0 unspecified atom stereocenters. The normalized spacial score (nSPS) is 13.1. The van der Waals surface area contributed by atoms with Gasteiger partial charge in [0.15, 0.2) is 0 Å². The van der Waals surface area contributed by atoms with Crippen LogP contribution in [-0.4, -0.2) is 16.2 Å². The second kappa shape index (κ2) is 16.6. The number of para-hydroxylation sites is 3. The molecule has 8 aromatic rings.